The maximum absolute atomic E-state index is 13.4. The molecule has 0 saturated carbocycles. The van der Waals surface area contributed by atoms with Gasteiger partial charge < -0.3 is 15.0 Å². The molecule has 0 aliphatic heterocycles. The molecule has 0 aliphatic rings. The number of hydrogen-bond donors (Lipinski definition) is 2. The number of hydrogen-bond acceptors (Lipinski definition) is 6. The largest absolute Gasteiger partial charge is 0.497 e. The van der Waals surface area contributed by atoms with E-state index in [-0.39, 0.29) is 6.42 Å². The molecule has 2 heterocycles. The summed E-state index contributed by atoms with van der Waals surface area (Å²) >= 11 is 0. The van der Waals surface area contributed by atoms with Gasteiger partial charge in [-0.1, -0.05) is 30.3 Å². The molecule has 0 bridgehead atoms. The Morgan fingerprint density at radius 1 is 1.06 bits per heavy atom. The number of anilines is 1. The number of benzene rings is 2. The number of carbonyl (C=O) groups excluding carboxylic acids is 2. The van der Waals surface area contributed by atoms with Gasteiger partial charge in [0.2, 0.25) is 5.91 Å². The van der Waals surface area contributed by atoms with E-state index in [9.17, 15) is 18.0 Å². The topological polar surface area (TPSA) is 123 Å². The highest BCUT2D eigenvalue weighted by Gasteiger charge is 2.27. The molecule has 0 saturated heterocycles. The van der Waals surface area contributed by atoms with E-state index in [1.165, 1.54) is 29.6 Å². The highest BCUT2D eigenvalue weighted by atomic mass is 32.2. The van der Waals surface area contributed by atoms with Crippen LogP contribution in [0.2, 0.25) is 0 Å². The zero-order chi connectivity index (χ0) is 25.7. The van der Waals surface area contributed by atoms with Crippen LogP contribution in [0.15, 0.2) is 85.3 Å². The zero-order valence-corrected chi connectivity index (χ0v) is 20.5. The molecule has 1 atom stereocenters. The Balaban J connectivity index is 1.55. The summed E-state index contributed by atoms with van der Waals surface area (Å²) in [7, 11) is -1.15. The summed E-state index contributed by atoms with van der Waals surface area (Å²) in [6, 6.07) is 17.0. The molecule has 4 rings (SSSR count). The van der Waals surface area contributed by atoms with Gasteiger partial charge in [-0.05, 0) is 42.0 Å². The van der Waals surface area contributed by atoms with Crippen LogP contribution in [0.25, 0.3) is 10.9 Å². The number of nitrogens with zero attached hydrogens (tertiary/aromatic N) is 3. The third-order valence-corrected chi connectivity index (χ3v) is 6.89. The fraction of sp³-hybridized carbons (Fsp3) is 0.160. The Morgan fingerprint density at radius 2 is 1.78 bits per heavy atom. The van der Waals surface area contributed by atoms with Crippen LogP contribution in [0.1, 0.15) is 5.56 Å². The molecule has 0 fully saturated rings. The number of ether oxygens (including phenoxy) is 1. The smallest absolute Gasteiger partial charge is 0.331 e. The summed E-state index contributed by atoms with van der Waals surface area (Å²) in [5, 5.41) is 3.13. The lowest BCUT2D eigenvalue weighted by Crippen LogP contribution is -2.53. The van der Waals surface area contributed by atoms with E-state index in [0.29, 0.717) is 22.3 Å². The molecule has 11 heteroatoms. The number of rotatable bonds is 8. The molecule has 36 heavy (non-hydrogen) atoms. The van der Waals surface area contributed by atoms with E-state index >= 15 is 0 Å². The first-order valence-electron chi connectivity index (χ1n) is 11.0. The Hall–Kier alpha value is -4.38. The summed E-state index contributed by atoms with van der Waals surface area (Å²) < 4.78 is 33.9. The molecular weight excluding hydrogens is 482 g/mol. The maximum Gasteiger partial charge on any atom is 0.331 e. The van der Waals surface area contributed by atoms with Gasteiger partial charge in [0.25, 0.3) is 0 Å². The van der Waals surface area contributed by atoms with Gasteiger partial charge in [0.1, 0.15) is 11.8 Å². The molecule has 0 radical (unpaired) electrons. The third kappa shape index (κ3) is 5.47. The molecule has 0 aliphatic carbocycles. The van der Waals surface area contributed by atoms with E-state index < -0.39 is 28.2 Å². The molecular formula is C25H25N5O5S. The molecule has 3 amide bonds. The minimum Gasteiger partial charge on any atom is -0.497 e. The van der Waals surface area contributed by atoms with Gasteiger partial charge in [0.05, 0.1) is 12.6 Å². The van der Waals surface area contributed by atoms with E-state index in [0.717, 1.165) is 9.54 Å². The minimum absolute atomic E-state index is 0.158. The Bertz CT molecular complexity index is 1470. The molecule has 2 aromatic carbocycles. The number of fused-ring (bicyclic) bond motifs is 1. The molecule has 10 nitrogen and oxygen atoms in total. The number of nitrogens with one attached hydrogen (secondary N) is 2. The van der Waals surface area contributed by atoms with Gasteiger partial charge in [0.15, 0.2) is 0 Å². The number of likely N-dealkylation sites (N-methyl/N-ethyl adjacent to an activating group) is 1. The van der Waals surface area contributed by atoms with Crippen LogP contribution < -0.4 is 19.7 Å². The second-order valence-electron chi connectivity index (χ2n) is 7.96. The first kappa shape index (κ1) is 24.7. The van der Waals surface area contributed by atoms with Crippen molar-refractivity contribution in [1.29, 1.82) is 0 Å². The van der Waals surface area contributed by atoms with Gasteiger partial charge in [-0.15, -0.1) is 0 Å². The SMILES string of the molecule is COc1ccc(N(C)C(=O)[C@H](Cc2ccccc2)NC(=O)NS(=O)(=O)n2ccc3cnccc32)cc1. The summed E-state index contributed by atoms with van der Waals surface area (Å²) in [6.07, 6.45) is 4.46. The van der Waals surface area contributed by atoms with Crippen molar-refractivity contribution in [1.82, 2.24) is 19.0 Å². The predicted octanol–water partition coefficient (Wildman–Crippen LogP) is 2.71. The molecule has 4 aromatic rings. The minimum atomic E-state index is -4.28. The normalized spacial score (nSPS) is 12.1. The van der Waals surface area contributed by atoms with E-state index in [1.807, 2.05) is 35.1 Å². The van der Waals surface area contributed by atoms with Crippen molar-refractivity contribution < 1.29 is 22.7 Å². The van der Waals surface area contributed by atoms with Crippen molar-refractivity contribution in [2.75, 3.05) is 19.1 Å². The molecule has 2 N–H and O–H groups in total. The van der Waals surface area contributed by atoms with Gasteiger partial charge in [0, 0.05) is 43.1 Å². The van der Waals surface area contributed by atoms with Crippen molar-refractivity contribution in [3.63, 3.8) is 0 Å². The van der Waals surface area contributed by atoms with Gasteiger partial charge >= 0.3 is 16.2 Å². The van der Waals surface area contributed by atoms with Crippen molar-refractivity contribution >= 4 is 38.7 Å². The number of methoxy groups -OCH3 is 1. The molecule has 0 unspecified atom stereocenters. The second kappa shape index (κ2) is 10.5. The molecule has 2 aromatic heterocycles. The quantitative estimate of drug-likeness (QED) is 0.378. The van der Waals surface area contributed by atoms with Crippen LogP contribution in [0, 0.1) is 0 Å². The summed E-state index contributed by atoms with van der Waals surface area (Å²) in [5.41, 5.74) is 1.74. The van der Waals surface area contributed by atoms with E-state index in [1.54, 1.807) is 44.5 Å². The number of amides is 3. The van der Waals surface area contributed by atoms with Crippen LogP contribution in [-0.4, -0.2) is 49.5 Å². The standard InChI is InChI=1S/C25H25N5O5S/c1-29(20-8-10-21(35-2)11-9-20)24(31)22(16-18-6-4-3-5-7-18)27-25(32)28-36(33,34)30-15-13-19-17-26-14-12-23(19)30/h3-15,17,22H,16H2,1-2H3,(H2,27,28,32)/t22-/m0/s1. The fourth-order valence-electron chi connectivity index (χ4n) is 3.74. The fourth-order valence-corrected chi connectivity index (χ4v) is 4.77. The van der Waals surface area contributed by atoms with Crippen LogP contribution >= 0.6 is 0 Å². The Morgan fingerprint density at radius 3 is 2.47 bits per heavy atom. The van der Waals surface area contributed by atoms with Crippen LogP contribution in [-0.2, 0) is 21.4 Å². The lowest BCUT2D eigenvalue weighted by Gasteiger charge is -2.25. The predicted molar refractivity (Wildman–Crippen MR) is 136 cm³/mol. The van der Waals surface area contributed by atoms with Crippen molar-refractivity contribution in [2.24, 2.45) is 0 Å². The number of carbonyl (C=O) groups is 2. The van der Waals surface area contributed by atoms with Crippen molar-refractivity contribution in [3.8, 4) is 5.75 Å². The number of pyridine rings is 1. The maximum atomic E-state index is 13.4. The van der Waals surface area contributed by atoms with E-state index in [2.05, 4.69) is 10.3 Å². The highest BCUT2D eigenvalue weighted by Crippen LogP contribution is 2.20. The zero-order valence-electron chi connectivity index (χ0n) is 19.7. The van der Waals surface area contributed by atoms with Gasteiger partial charge in [-0.25, -0.2) is 13.5 Å². The summed E-state index contributed by atoms with van der Waals surface area (Å²) in [5.74, 6) is 0.213. The Labute approximate surface area is 208 Å². The number of urea groups is 1. The summed E-state index contributed by atoms with van der Waals surface area (Å²) in [4.78, 5) is 31.6. The van der Waals surface area contributed by atoms with Crippen molar-refractivity contribution in [2.45, 2.75) is 12.5 Å². The highest BCUT2D eigenvalue weighted by molar-refractivity contribution is 7.88. The van der Waals surface area contributed by atoms with Gasteiger partial charge in [-0.3, -0.25) is 9.78 Å². The molecule has 0 spiro atoms. The summed E-state index contributed by atoms with van der Waals surface area (Å²) in [6.45, 7) is 0. The Kier molecular flexibility index (Phi) is 7.20. The third-order valence-electron chi connectivity index (χ3n) is 5.61. The van der Waals surface area contributed by atoms with E-state index in [4.69, 9.17) is 4.74 Å². The van der Waals surface area contributed by atoms with Crippen LogP contribution in [0.4, 0.5) is 10.5 Å². The second-order valence-corrected chi connectivity index (χ2v) is 9.51. The lowest BCUT2D eigenvalue weighted by atomic mass is 10.0. The first-order chi connectivity index (χ1) is 17.3. The van der Waals surface area contributed by atoms with Crippen LogP contribution in [0.3, 0.4) is 0 Å². The van der Waals surface area contributed by atoms with Crippen LogP contribution in [0.5, 0.6) is 5.75 Å². The average molecular weight is 508 g/mol. The lowest BCUT2D eigenvalue weighted by molar-refractivity contribution is -0.120. The number of aromatic nitrogens is 2. The average Bonchev–Trinajstić information content (AvgIpc) is 3.33. The monoisotopic (exact) mass is 507 g/mol. The van der Waals surface area contributed by atoms with Crippen molar-refractivity contribution in [3.05, 3.63) is 90.9 Å². The first-order valence-corrected chi connectivity index (χ1v) is 12.4. The molecule has 186 valence electrons. The van der Waals surface area contributed by atoms with Gasteiger partial charge in [-0.2, -0.15) is 8.42 Å².